The normalized spacial score (nSPS) is 22.5. The minimum absolute atomic E-state index is 0.0258. The van der Waals surface area contributed by atoms with Crippen LogP contribution in [-0.4, -0.2) is 52.5 Å². The predicted octanol–water partition coefficient (Wildman–Crippen LogP) is 1.88. The van der Waals surface area contributed by atoms with Gasteiger partial charge in [0.25, 0.3) is 5.91 Å². The summed E-state index contributed by atoms with van der Waals surface area (Å²) in [6.45, 7) is 1.62. The number of nitrogens with zero attached hydrogens (tertiary/aromatic N) is 3. The van der Waals surface area contributed by atoms with E-state index >= 15 is 0 Å². The standard InChI is InChI=1S/C21H23N3O3/c25-19-14-23(13-17(19)12-15-7-9-22-10-8-15)21(27)16-3-5-18(6-4-16)24-11-1-2-20(24)26/h3-10,17,19,25H,1-2,11-14H2/t17-,19+/m1/s1. The van der Waals surface area contributed by atoms with E-state index in [1.54, 1.807) is 34.3 Å². The highest BCUT2D eigenvalue weighted by atomic mass is 16.3. The van der Waals surface area contributed by atoms with Gasteiger partial charge in [-0.1, -0.05) is 0 Å². The van der Waals surface area contributed by atoms with Gasteiger partial charge in [-0.25, -0.2) is 0 Å². The summed E-state index contributed by atoms with van der Waals surface area (Å²) < 4.78 is 0. The molecule has 3 heterocycles. The van der Waals surface area contributed by atoms with Crippen LogP contribution >= 0.6 is 0 Å². The van der Waals surface area contributed by atoms with Gasteiger partial charge in [-0.2, -0.15) is 0 Å². The van der Waals surface area contributed by atoms with Gasteiger partial charge in [0.2, 0.25) is 5.91 Å². The fourth-order valence-corrected chi connectivity index (χ4v) is 3.93. The van der Waals surface area contributed by atoms with Gasteiger partial charge < -0.3 is 14.9 Å². The molecule has 27 heavy (non-hydrogen) atoms. The van der Waals surface area contributed by atoms with E-state index in [1.165, 1.54) is 0 Å². The van der Waals surface area contributed by atoms with Crippen LogP contribution in [0.5, 0.6) is 0 Å². The number of carbonyl (C=O) groups is 2. The van der Waals surface area contributed by atoms with Gasteiger partial charge >= 0.3 is 0 Å². The Kier molecular flexibility index (Phi) is 4.90. The van der Waals surface area contributed by atoms with Crippen molar-refractivity contribution in [3.05, 3.63) is 59.9 Å². The number of carbonyl (C=O) groups excluding carboxylic acids is 2. The van der Waals surface area contributed by atoms with Crippen molar-refractivity contribution in [3.63, 3.8) is 0 Å². The smallest absolute Gasteiger partial charge is 0.253 e. The molecule has 0 bridgehead atoms. The van der Waals surface area contributed by atoms with Crippen molar-refractivity contribution in [2.45, 2.75) is 25.4 Å². The average Bonchev–Trinajstić information content (AvgIpc) is 3.28. The van der Waals surface area contributed by atoms with E-state index in [-0.39, 0.29) is 17.7 Å². The lowest BCUT2D eigenvalue weighted by Gasteiger charge is -2.18. The summed E-state index contributed by atoms with van der Waals surface area (Å²) in [5.74, 6) is 0.0825. The molecule has 2 aliphatic rings. The van der Waals surface area contributed by atoms with Crippen LogP contribution in [0.3, 0.4) is 0 Å². The Morgan fingerprint density at radius 1 is 1.11 bits per heavy atom. The third kappa shape index (κ3) is 3.71. The number of β-amino-alcohol motifs (C(OH)–C–C–N with tert-alkyl or cyclic N) is 1. The van der Waals surface area contributed by atoms with Crippen LogP contribution in [0.1, 0.15) is 28.8 Å². The first-order valence-electron chi connectivity index (χ1n) is 9.38. The quantitative estimate of drug-likeness (QED) is 0.898. The average molecular weight is 365 g/mol. The summed E-state index contributed by atoms with van der Waals surface area (Å²) in [6.07, 6.45) is 5.15. The van der Waals surface area contributed by atoms with E-state index in [0.717, 1.165) is 30.6 Å². The highest BCUT2D eigenvalue weighted by Crippen LogP contribution is 2.25. The number of pyridine rings is 1. The molecule has 2 atom stereocenters. The maximum absolute atomic E-state index is 12.8. The Labute approximate surface area is 158 Å². The molecule has 140 valence electrons. The summed E-state index contributed by atoms with van der Waals surface area (Å²) in [7, 11) is 0. The van der Waals surface area contributed by atoms with Gasteiger partial charge in [-0.05, 0) is 54.8 Å². The second kappa shape index (κ2) is 7.48. The van der Waals surface area contributed by atoms with E-state index in [4.69, 9.17) is 0 Å². The largest absolute Gasteiger partial charge is 0.391 e. The Morgan fingerprint density at radius 2 is 1.85 bits per heavy atom. The van der Waals surface area contributed by atoms with Gasteiger partial charge in [0, 0.05) is 55.6 Å². The van der Waals surface area contributed by atoms with E-state index in [0.29, 0.717) is 25.1 Å². The number of aliphatic hydroxyl groups excluding tert-OH is 1. The minimum Gasteiger partial charge on any atom is -0.391 e. The third-order valence-electron chi connectivity index (χ3n) is 5.44. The summed E-state index contributed by atoms with van der Waals surface area (Å²) in [6, 6.07) is 11.1. The molecule has 0 radical (unpaired) electrons. The van der Waals surface area contributed by atoms with E-state index < -0.39 is 6.10 Å². The van der Waals surface area contributed by atoms with Crippen LogP contribution in [0.2, 0.25) is 0 Å². The van der Waals surface area contributed by atoms with E-state index in [9.17, 15) is 14.7 Å². The topological polar surface area (TPSA) is 73.7 Å². The first-order valence-corrected chi connectivity index (χ1v) is 9.38. The van der Waals surface area contributed by atoms with Crippen LogP contribution in [0.15, 0.2) is 48.8 Å². The van der Waals surface area contributed by atoms with Crippen LogP contribution < -0.4 is 4.90 Å². The number of rotatable bonds is 4. The van der Waals surface area contributed by atoms with Crippen molar-refractivity contribution in [1.82, 2.24) is 9.88 Å². The fraction of sp³-hybridized carbons (Fsp3) is 0.381. The summed E-state index contributed by atoms with van der Waals surface area (Å²) in [4.78, 5) is 32.1. The Balaban J connectivity index is 1.41. The number of aromatic nitrogens is 1. The molecule has 2 aromatic rings. The van der Waals surface area contributed by atoms with Gasteiger partial charge in [-0.3, -0.25) is 14.6 Å². The minimum atomic E-state index is -0.524. The number of anilines is 1. The van der Waals surface area contributed by atoms with Crippen LogP contribution in [0.4, 0.5) is 5.69 Å². The third-order valence-corrected chi connectivity index (χ3v) is 5.44. The van der Waals surface area contributed by atoms with Gasteiger partial charge in [-0.15, -0.1) is 0 Å². The summed E-state index contributed by atoms with van der Waals surface area (Å²) in [5, 5.41) is 10.4. The molecule has 0 spiro atoms. The summed E-state index contributed by atoms with van der Waals surface area (Å²) in [5.41, 5.74) is 2.54. The number of amides is 2. The van der Waals surface area contributed by atoms with Crippen molar-refractivity contribution in [2.24, 2.45) is 5.92 Å². The molecule has 1 aromatic heterocycles. The molecule has 6 heteroatoms. The lowest BCUT2D eigenvalue weighted by molar-refractivity contribution is -0.117. The van der Waals surface area contributed by atoms with Crippen molar-refractivity contribution < 1.29 is 14.7 Å². The SMILES string of the molecule is O=C(c1ccc(N2CCCC2=O)cc1)N1C[C@@H](Cc2ccncc2)[C@@H](O)C1. The fourth-order valence-electron chi connectivity index (χ4n) is 3.93. The molecule has 0 unspecified atom stereocenters. The zero-order chi connectivity index (χ0) is 18.8. The van der Waals surface area contributed by atoms with Crippen molar-refractivity contribution in [2.75, 3.05) is 24.5 Å². The molecule has 0 aliphatic carbocycles. The maximum atomic E-state index is 12.8. The Morgan fingerprint density at radius 3 is 2.52 bits per heavy atom. The Bertz CT molecular complexity index is 822. The van der Waals surface area contributed by atoms with E-state index in [2.05, 4.69) is 4.98 Å². The summed E-state index contributed by atoms with van der Waals surface area (Å²) >= 11 is 0. The molecule has 6 nitrogen and oxygen atoms in total. The molecule has 0 saturated carbocycles. The van der Waals surface area contributed by atoms with Crippen LogP contribution in [0, 0.1) is 5.92 Å². The number of aliphatic hydroxyl groups is 1. The number of benzene rings is 1. The maximum Gasteiger partial charge on any atom is 0.253 e. The second-order valence-electron chi connectivity index (χ2n) is 7.29. The molecular weight excluding hydrogens is 342 g/mol. The van der Waals surface area contributed by atoms with E-state index in [1.807, 2.05) is 24.3 Å². The lowest BCUT2D eigenvalue weighted by atomic mass is 9.97. The predicted molar refractivity (Wildman–Crippen MR) is 101 cm³/mol. The van der Waals surface area contributed by atoms with Gasteiger partial charge in [0.15, 0.2) is 0 Å². The molecule has 1 aromatic carbocycles. The highest BCUT2D eigenvalue weighted by Gasteiger charge is 2.34. The molecule has 2 fully saturated rings. The first kappa shape index (κ1) is 17.7. The number of hydrogen-bond acceptors (Lipinski definition) is 4. The number of hydrogen-bond donors (Lipinski definition) is 1. The zero-order valence-corrected chi connectivity index (χ0v) is 15.1. The van der Waals surface area contributed by atoms with Crippen molar-refractivity contribution in [3.8, 4) is 0 Å². The molecule has 4 rings (SSSR count). The zero-order valence-electron chi connectivity index (χ0n) is 15.1. The van der Waals surface area contributed by atoms with Crippen molar-refractivity contribution >= 4 is 17.5 Å². The van der Waals surface area contributed by atoms with Crippen molar-refractivity contribution in [1.29, 1.82) is 0 Å². The molecule has 2 amide bonds. The molecule has 2 aliphatic heterocycles. The molecule has 2 saturated heterocycles. The first-order chi connectivity index (χ1) is 13.1. The number of likely N-dealkylation sites (tertiary alicyclic amines) is 1. The lowest BCUT2D eigenvalue weighted by Crippen LogP contribution is -2.29. The highest BCUT2D eigenvalue weighted by molar-refractivity contribution is 5.97. The van der Waals surface area contributed by atoms with Crippen LogP contribution in [-0.2, 0) is 11.2 Å². The van der Waals surface area contributed by atoms with Crippen LogP contribution in [0.25, 0.3) is 0 Å². The van der Waals surface area contributed by atoms with Gasteiger partial charge in [0.1, 0.15) is 0 Å². The monoisotopic (exact) mass is 365 g/mol. The molecular formula is C21H23N3O3. The second-order valence-corrected chi connectivity index (χ2v) is 7.29. The Hall–Kier alpha value is -2.73. The molecule has 1 N–H and O–H groups in total. The van der Waals surface area contributed by atoms with Gasteiger partial charge in [0.05, 0.1) is 6.10 Å².